The molecule has 0 saturated carbocycles. The van der Waals surface area contributed by atoms with Gasteiger partial charge in [-0.1, -0.05) is 18.2 Å². The highest BCUT2D eigenvalue weighted by molar-refractivity contribution is 5.93. The molecule has 0 spiro atoms. The van der Waals surface area contributed by atoms with Crippen LogP contribution in [0.5, 0.6) is 5.75 Å². The summed E-state index contributed by atoms with van der Waals surface area (Å²) in [5.41, 5.74) is 4.75. The maximum Gasteiger partial charge on any atom is 0.338 e. The Morgan fingerprint density at radius 1 is 1.00 bits per heavy atom. The Hall–Kier alpha value is -2.29. The van der Waals surface area contributed by atoms with E-state index in [0.29, 0.717) is 5.56 Å². The summed E-state index contributed by atoms with van der Waals surface area (Å²) >= 11 is 0. The molecule has 0 atom stereocenters. The molecular formula is C17H18O3. The first kappa shape index (κ1) is 14.1. The van der Waals surface area contributed by atoms with Crippen molar-refractivity contribution >= 4 is 5.97 Å². The number of methoxy groups -OCH3 is 2. The van der Waals surface area contributed by atoms with Crippen LogP contribution in [-0.4, -0.2) is 20.2 Å². The SMILES string of the molecule is COC(=O)c1cccc(-c2ccc(OC)cc2C)c1C. The number of rotatable bonds is 3. The predicted molar refractivity (Wildman–Crippen MR) is 79.2 cm³/mol. The van der Waals surface area contributed by atoms with Gasteiger partial charge in [0.2, 0.25) is 0 Å². The molecule has 0 bridgehead atoms. The molecule has 3 heteroatoms. The van der Waals surface area contributed by atoms with Gasteiger partial charge in [0, 0.05) is 0 Å². The molecule has 0 aliphatic rings. The molecular weight excluding hydrogens is 252 g/mol. The minimum atomic E-state index is -0.310. The van der Waals surface area contributed by atoms with E-state index in [1.165, 1.54) is 7.11 Å². The first-order valence-electron chi connectivity index (χ1n) is 6.41. The summed E-state index contributed by atoms with van der Waals surface area (Å²) in [6.45, 7) is 3.97. The van der Waals surface area contributed by atoms with Crippen molar-refractivity contribution in [2.75, 3.05) is 14.2 Å². The fourth-order valence-corrected chi connectivity index (χ4v) is 2.32. The van der Waals surface area contributed by atoms with E-state index in [4.69, 9.17) is 9.47 Å². The molecule has 0 amide bonds. The first-order valence-corrected chi connectivity index (χ1v) is 6.41. The Balaban J connectivity index is 2.56. The Bertz CT molecular complexity index is 645. The molecule has 20 heavy (non-hydrogen) atoms. The standard InChI is InChI=1S/C17H18O3/c1-11-10-13(19-3)8-9-14(11)15-6-5-7-16(12(15)2)17(18)20-4/h5-10H,1-4H3. The molecule has 0 aliphatic carbocycles. The van der Waals surface area contributed by atoms with E-state index < -0.39 is 0 Å². The molecule has 0 unspecified atom stereocenters. The lowest BCUT2D eigenvalue weighted by Crippen LogP contribution is -2.04. The topological polar surface area (TPSA) is 35.5 Å². The van der Waals surface area contributed by atoms with Gasteiger partial charge in [0.25, 0.3) is 0 Å². The number of esters is 1. The molecule has 0 fully saturated rings. The average molecular weight is 270 g/mol. The van der Waals surface area contributed by atoms with Crippen molar-refractivity contribution in [1.82, 2.24) is 0 Å². The molecule has 2 rings (SSSR count). The minimum Gasteiger partial charge on any atom is -0.497 e. The number of ether oxygens (including phenoxy) is 2. The number of aryl methyl sites for hydroxylation is 1. The second-order valence-corrected chi connectivity index (χ2v) is 4.65. The fraction of sp³-hybridized carbons (Fsp3) is 0.235. The number of carbonyl (C=O) groups excluding carboxylic acids is 1. The van der Waals surface area contributed by atoms with Crippen LogP contribution in [0.1, 0.15) is 21.5 Å². The van der Waals surface area contributed by atoms with Crippen LogP contribution in [-0.2, 0) is 4.74 Å². The zero-order chi connectivity index (χ0) is 14.7. The Morgan fingerprint density at radius 3 is 2.35 bits per heavy atom. The van der Waals surface area contributed by atoms with E-state index in [1.807, 2.05) is 44.2 Å². The molecule has 0 heterocycles. The summed E-state index contributed by atoms with van der Waals surface area (Å²) in [4.78, 5) is 11.8. The van der Waals surface area contributed by atoms with Crippen LogP contribution < -0.4 is 4.74 Å². The maximum atomic E-state index is 11.8. The fourth-order valence-electron chi connectivity index (χ4n) is 2.32. The number of hydrogen-bond donors (Lipinski definition) is 0. The normalized spacial score (nSPS) is 10.2. The van der Waals surface area contributed by atoms with Crippen LogP contribution in [0.2, 0.25) is 0 Å². The third kappa shape index (κ3) is 2.52. The van der Waals surface area contributed by atoms with Gasteiger partial charge in [-0.05, 0) is 54.3 Å². The highest BCUT2D eigenvalue weighted by atomic mass is 16.5. The summed E-state index contributed by atoms with van der Waals surface area (Å²) in [6, 6.07) is 11.6. The summed E-state index contributed by atoms with van der Waals surface area (Å²) in [6.07, 6.45) is 0. The lowest BCUT2D eigenvalue weighted by molar-refractivity contribution is 0.0600. The van der Waals surface area contributed by atoms with E-state index in [9.17, 15) is 4.79 Å². The van der Waals surface area contributed by atoms with Gasteiger partial charge in [-0.15, -0.1) is 0 Å². The lowest BCUT2D eigenvalue weighted by Gasteiger charge is -2.13. The second-order valence-electron chi connectivity index (χ2n) is 4.65. The summed E-state index contributed by atoms with van der Waals surface area (Å²) in [5.74, 6) is 0.517. The van der Waals surface area contributed by atoms with Crippen LogP contribution in [0, 0.1) is 13.8 Å². The highest BCUT2D eigenvalue weighted by Gasteiger charge is 2.14. The van der Waals surface area contributed by atoms with Gasteiger partial charge in [-0.25, -0.2) is 4.79 Å². The van der Waals surface area contributed by atoms with Crippen LogP contribution in [0.15, 0.2) is 36.4 Å². The Labute approximate surface area is 119 Å². The summed E-state index contributed by atoms with van der Waals surface area (Å²) < 4.78 is 10.0. The Kier molecular flexibility index (Phi) is 4.08. The predicted octanol–water partition coefficient (Wildman–Crippen LogP) is 3.77. The van der Waals surface area contributed by atoms with Gasteiger partial charge in [-0.3, -0.25) is 0 Å². The molecule has 0 saturated heterocycles. The van der Waals surface area contributed by atoms with E-state index in [-0.39, 0.29) is 5.97 Å². The number of carbonyl (C=O) groups is 1. The number of benzene rings is 2. The third-order valence-electron chi connectivity index (χ3n) is 3.46. The summed E-state index contributed by atoms with van der Waals surface area (Å²) in [5, 5.41) is 0. The smallest absolute Gasteiger partial charge is 0.338 e. The molecule has 2 aromatic carbocycles. The molecule has 104 valence electrons. The van der Waals surface area contributed by atoms with Gasteiger partial charge >= 0.3 is 5.97 Å². The van der Waals surface area contributed by atoms with Crippen molar-refractivity contribution in [2.24, 2.45) is 0 Å². The molecule has 0 aliphatic heterocycles. The molecule has 0 N–H and O–H groups in total. The van der Waals surface area contributed by atoms with Crippen molar-refractivity contribution in [1.29, 1.82) is 0 Å². The van der Waals surface area contributed by atoms with Crippen molar-refractivity contribution in [2.45, 2.75) is 13.8 Å². The van der Waals surface area contributed by atoms with E-state index in [1.54, 1.807) is 13.2 Å². The van der Waals surface area contributed by atoms with Crippen LogP contribution >= 0.6 is 0 Å². The van der Waals surface area contributed by atoms with E-state index in [0.717, 1.165) is 28.0 Å². The van der Waals surface area contributed by atoms with Crippen LogP contribution in [0.25, 0.3) is 11.1 Å². The van der Waals surface area contributed by atoms with E-state index >= 15 is 0 Å². The highest BCUT2D eigenvalue weighted by Crippen LogP contribution is 2.30. The van der Waals surface area contributed by atoms with Gasteiger partial charge in [0.15, 0.2) is 0 Å². The van der Waals surface area contributed by atoms with Crippen LogP contribution in [0.3, 0.4) is 0 Å². The van der Waals surface area contributed by atoms with E-state index in [2.05, 4.69) is 0 Å². The first-order chi connectivity index (χ1) is 9.58. The molecule has 0 radical (unpaired) electrons. The van der Waals surface area contributed by atoms with Crippen molar-refractivity contribution in [3.05, 3.63) is 53.1 Å². The molecule has 3 nitrogen and oxygen atoms in total. The average Bonchev–Trinajstić information content (AvgIpc) is 2.47. The molecule has 2 aromatic rings. The van der Waals surface area contributed by atoms with Crippen molar-refractivity contribution in [3.63, 3.8) is 0 Å². The third-order valence-corrected chi connectivity index (χ3v) is 3.46. The largest absolute Gasteiger partial charge is 0.497 e. The van der Waals surface area contributed by atoms with Gasteiger partial charge in [0.05, 0.1) is 19.8 Å². The maximum absolute atomic E-state index is 11.8. The van der Waals surface area contributed by atoms with Crippen molar-refractivity contribution < 1.29 is 14.3 Å². The quantitative estimate of drug-likeness (QED) is 0.796. The lowest BCUT2D eigenvalue weighted by atomic mass is 9.93. The second kappa shape index (κ2) is 5.78. The van der Waals surface area contributed by atoms with Crippen LogP contribution in [0.4, 0.5) is 0 Å². The zero-order valence-electron chi connectivity index (χ0n) is 12.2. The minimum absolute atomic E-state index is 0.310. The van der Waals surface area contributed by atoms with Gasteiger partial charge in [-0.2, -0.15) is 0 Å². The van der Waals surface area contributed by atoms with Gasteiger partial charge < -0.3 is 9.47 Å². The molecule has 0 aromatic heterocycles. The monoisotopic (exact) mass is 270 g/mol. The number of hydrogen-bond acceptors (Lipinski definition) is 3. The van der Waals surface area contributed by atoms with Crippen molar-refractivity contribution in [3.8, 4) is 16.9 Å². The van der Waals surface area contributed by atoms with Gasteiger partial charge in [0.1, 0.15) is 5.75 Å². The zero-order valence-corrected chi connectivity index (χ0v) is 12.2. The Morgan fingerprint density at radius 2 is 1.75 bits per heavy atom. The summed E-state index contributed by atoms with van der Waals surface area (Å²) in [7, 11) is 3.05.